The van der Waals surface area contributed by atoms with Gasteiger partial charge in [-0.2, -0.15) is 0 Å². The predicted octanol–water partition coefficient (Wildman–Crippen LogP) is 4.86. The number of hydrogen-bond acceptors (Lipinski definition) is 2. The summed E-state index contributed by atoms with van der Waals surface area (Å²) in [6, 6.07) is 17.0. The molecule has 1 aliphatic rings. The highest BCUT2D eigenvalue weighted by Crippen LogP contribution is 2.53. The molecule has 1 aromatic heterocycles. The smallest absolute Gasteiger partial charge is 0.132 e. The average molecular weight is 304 g/mol. The summed E-state index contributed by atoms with van der Waals surface area (Å²) in [6.45, 7) is 2.10. The van der Waals surface area contributed by atoms with Gasteiger partial charge in [0, 0.05) is 17.7 Å². The lowest BCUT2D eigenvalue weighted by molar-refractivity contribution is 0.628. The van der Waals surface area contributed by atoms with Crippen LogP contribution in [-0.4, -0.2) is 9.97 Å². The Labute approximate surface area is 135 Å². The Kier molecular flexibility index (Phi) is 3.41. The first kappa shape index (κ1) is 14.1. The molecule has 2 nitrogen and oxygen atoms in total. The number of hydrogen-bond donors (Lipinski definition) is 0. The van der Waals surface area contributed by atoms with Gasteiger partial charge in [0.15, 0.2) is 0 Å². The molecule has 1 fully saturated rings. The van der Waals surface area contributed by atoms with Gasteiger partial charge in [-0.15, -0.1) is 0 Å². The van der Waals surface area contributed by atoms with Crippen molar-refractivity contribution in [2.24, 2.45) is 0 Å². The van der Waals surface area contributed by atoms with E-state index in [1.165, 1.54) is 23.3 Å². The van der Waals surface area contributed by atoms with Crippen molar-refractivity contribution >= 4 is 0 Å². The molecule has 0 saturated heterocycles. The molecule has 4 rings (SSSR count). The van der Waals surface area contributed by atoms with Gasteiger partial charge in [-0.1, -0.05) is 42.0 Å². The van der Waals surface area contributed by atoms with Crippen molar-refractivity contribution in [2.75, 3.05) is 0 Å². The van der Waals surface area contributed by atoms with Gasteiger partial charge in [0.05, 0.1) is 5.69 Å². The van der Waals surface area contributed by atoms with E-state index >= 15 is 0 Å². The van der Waals surface area contributed by atoms with E-state index in [2.05, 4.69) is 41.2 Å². The summed E-state index contributed by atoms with van der Waals surface area (Å²) in [4.78, 5) is 9.10. The highest BCUT2D eigenvalue weighted by molar-refractivity contribution is 5.58. The van der Waals surface area contributed by atoms with Crippen LogP contribution in [0.4, 0.5) is 4.39 Å². The van der Waals surface area contributed by atoms with Crippen molar-refractivity contribution in [2.45, 2.75) is 25.2 Å². The first-order chi connectivity index (χ1) is 11.2. The molecule has 23 heavy (non-hydrogen) atoms. The maximum Gasteiger partial charge on any atom is 0.132 e. The SMILES string of the molecule is Cc1ccc(C2CC2c2nccc(-c3cccc(F)c3)n2)cc1. The monoisotopic (exact) mass is 304 g/mol. The van der Waals surface area contributed by atoms with Crippen LogP contribution in [0.25, 0.3) is 11.3 Å². The zero-order chi connectivity index (χ0) is 15.8. The van der Waals surface area contributed by atoms with E-state index in [-0.39, 0.29) is 5.82 Å². The van der Waals surface area contributed by atoms with Gasteiger partial charge in [0.1, 0.15) is 11.6 Å². The highest BCUT2D eigenvalue weighted by atomic mass is 19.1. The largest absolute Gasteiger partial charge is 0.241 e. The third-order valence-corrected chi connectivity index (χ3v) is 4.42. The van der Waals surface area contributed by atoms with Gasteiger partial charge in [-0.3, -0.25) is 0 Å². The Bertz CT molecular complexity index is 842. The van der Waals surface area contributed by atoms with E-state index in [0.29, 0.717) is 11.8 Å². The molecule has 0 spiro atoms. The molecule has 0 radical (unpaired) electrons. The summed E-state index contributed by atoms with van der Waals surface area (Å²) < 4.78 is 13.4. The van der Waals surface area contributed by atoms with Crippen LogP contribution in [-0.2, 0) is 0 Å². The molecular weight excluding hydrogens is 287 g/mol. The van der Waals surface area contributed by atoms with E-state index in [4.69, 9.17) is 0 Å². The third-order valence-electron chi connectivity index (χ3n) is 4.42. The third kappa shape index (κ3) is 2.87. The van der Waals surface area contributed by atoms with E-state index in [9.17, 15) is 4.39 Å². The van der Waals surface area contributed by atoms with Crippen LogP contribution >= 0.6 is 0 Å². The van der Waals surface area contributed by atoms with Crippen LogP contribution < -0.4 is 0 Å². The van der Waals surface area contributed by atoms with Gasteiger partial charge in [0.2, 0.25) is 0 Å². The molecule has 0 bridgehead atoms. The summed E-state index contributed by atoms with van der Waals surface area (Å²) in [5.41, 5.74) is 4.20. The quantitative estimate of drug-likeness (QED) is 0.690. The van der Waals surface area contributed by atoms with E-state index in [1.807, 2.05) is 12.1 Å². The Morgan fingerprint density at radius 2 is 1.83 bits per heavy atom. The van der Waals surface area contributed by atoms with Crippen LogP contribution in [0.3, 0.4) is 0 Å². The fraction of sp³-hybridized carbons (Fsp3) is 0.200. The highest BCUT2D eigenvalue weighted by Gasteiger charge is 2.41. The molecule has 2 aromatic carbocycles. The van der Waals surface area contributed by atoms with Crippen molar-refractivity contribution in [3.8, 4) is 11.3 Å². The molecule has 2 unspecified atom stereocenters. The van der Waals surface area contributed by atoms with Crippen molar-refractivity contribution in [1.29, 1.82) is 0 Å². The summed E-state index contributed by atoms with van der Waals surface area (Å²) in [6.07, 6.45) is 2.85. The minimum absolute atomic E-state index is 0.244. The molecule has 0 aliphatic heterocycles. The zero-order valence-corrected chi connectivity index (χ0v) is 12.9. The van der Waals surface area contributed by atoms with Crippen molar-refractivity contribution in [1.82, 2.24) is 9.97 Å². The minimum Gasteiger partial charge on any atom is -0.241 e. The minimum atomic E-state index is -0.244. The van der Waals surface area contributed by atoms with Crippen molar-refractivity contribution < 1.29 is 4.39 Å². The molecule has 3 heteroatoms. The Morgan fingerprint density at radius 3 is 2.61 bits per heavy atom. The van der Waals surface area contributed by atoms with E-state index in [0.717, 1.165) is 23.5 Å². The molecule has 0 amide bonds. The molecule has 2 atom stereocenters. The maximum atomic E-state index is 13.4. The molecule has 3 aromatic rings. The zero-order valence-electron chi connectivity index (χ0n) is 12.9. The number of nitrogens with zero attached hydrogens (tertiary/aromatic N) is 2. The number of rotatable bonds is 3. The lowest BCUT2D eigenvalue weighted by Gasteiger charge is -2.05. The van der Waals surface area contributed by atoms with Crippen molar-refractivity contribution in [3.05, 3.63) is 83.6 Å². The number of aromatic nitrogens is 2. The second kappa shape index (κ2) is 5.58. The van der Waals surface area contributed by atoms with E-state index < -0.39 is 0 Å². The van der Waals surface area contributed by atoms with Gasteiger partial charge in [-0.25, -0.2) is 14.4 Å². The first-order valence-corrected chi connectivity index (χ1v) is 7.86. The van der Waals surface area contributed by atoms with Crippen LogP contribution in [0.5, 0.6) is 0 Å². The molecule has 1 aliphatic carbocycles. The van der Waals surface area contributed by atoms with Crippen LogP contribution in [0.15, 0.2) is 60.8 Å². The van der Waals surface area contributed by atoms with Gasteiger partial charge >= 0.3 is 0 Å². The summed E-state index contributed by atoms with van der Waals surface area (Å²) in [5, 5.41) is 0. The standard InChI is InChI=1S/C20H17FN2/c1-13-5-7-14(8-6-13)17-12-18(17)20-22-10-9-19(23-20)15-3-2-4-16(21)11-15/h2-11,17-18H,12H2,1H3. The van der Waals surface area contributed by atoms with Crippen LogP contribution in [0.2, 0.25) is 0 Å². The second-order valence-corrected chi connectivity index (χ2v) is 6.17. The van der Waals surface area contributed by atoms with Crippen molar-refractivity contribution in [3.63, 3.8) is 0 Å². The first-order valence-electron chi connectivity index (χ1n) is 7.86. The average Bonchev–Trinajstić information content (AvgIpc) is 3.36. The molecule has 1 saturated carbocycles. The number of benzene rings is 2. The van der Waals surface area contributed by atoms with Crippen LogP contribution in [0.1, 0.15) is 35.2 Å². The molecule has 1 heterocycles. The summed E-state index contributed by atoms with van der Waals surface area (Å²) in [7, 11) is 0. The lowest BCUT2D eigenvalue weighted by Crippen LogP contribution is -1.96. The second-order valence-electron chi connectivity index (χ2n) is 6.17. The predicted molar refractivity (Wildman–Crippen MR) is 88.7 cm³/mol. The van der Waals surface area contributed by atoms with Gasteiger partial charge in [0.25, 0.3) is 0 Å². The summed E-state index contributed by atoms with van der Waals surface area (Å²) in [5.74, 6) is 1.48. The number of aryl methyl sites for hydroxylation is 1. The normalized spacial score (nSPS) is 19.6. The summed E-state index contributed by atoms with van der Waals surface area (Å²) >= 11 is 0. The van der Waals surface area contributed by atoms with Gasteiger partial charge in [-0.05, 0) is 43.0 Å². The van der Waals surface area contributed by atoms with Crippen LogP contribution in [0, 0.1) is 12.7 Å². The maximum absolute atomic E-state index is 13.4. The molecule has 0 N–H and O–H groups in total. The fourth-order valence-corrected chi connectivity index (χ4v) is 3.02. The molecule has 114 valence electrons. The van der Waals surface area contributed by atoms with Gasteiger partial charge < -0.3 is 0 Å². The van der Waals surface area contributed by atoms with E-state index in [1.54, 1.807) is 12.3 Å². The Balaban J connectivity index is 1.59. The lowest BCUT2D eigenvalue weighted by atomic mass is 10.1. The Morgan fingerprint density at radius 1 is 1.00 bits per heavy atom. The topological polar surface area (TPSA) is 25.8 Å². The fourth-order valence-electron chi connectivity index (χ4n) is 3.02. The Hall–Kier alpha value is -2.55. The molecular formula is C20H17FN2. The number of halogens is 1.